The van der Waals surface area contributed by atoms with Gasteiger partial charge in [0.2, 0.25) is 5.78 Å². The summed E-state index contributed by atoms with van der Waals surface area (Å²) in [5.74, 6) is -3.23. The molecule has 0 spiro atoms. The average Bonchev–Trinajstić information content (AvgIpc) is 3.23. The number of amides is 2. The van der Waals surface area contributed by atoms with Crippen molar-refractivity contribution in [2.75, 3.05) is 34.8 Å². The Bertz CT molecular complexity index is 1330. The van der Waals surface area contributed by atoms with E-state index in [1.165, 1.54) is 11.1 Å². The zero-order valence-corrected chi connectivity index (χ0v) is 19.2. The van der Waals surface area contributed by atoms with Crippen molar-refractivity contribution in [3.05, 3.63) is 29.8 Å². The summed E-state index contributed by atoms with van der Waals surface area (Å²) in [5, 5.41) is 19.4. The predicted molar refractivity (Wildman–Crippen MR) is 123 cm³/mol. The minimum absolute atomic E-state index is 0.142. The van der Waals surface area contributed by atoms with Crippen LogP contribution in [0.5, 0.6) is 0 Å². The van der Waals surface area contributed by atoms with Crippen molar-refractivity contribution in [3.8, 4) is 0 Å². The summed E-state index contributed by atoms with van der Waals surface area (Å²) in [6.07, 6.45) is -2.89. The van der Waals surface area contributed by atoms with E-state index in [0.29, 0.717) is 36.2 Å². The number of aliphatic hydroxyl groups excluding tert-OH is 1. The maximum absolute atomic E-state index is 13.5. The van der Waals surface area contributed by atoms with E-state index in [4.69, 9.17) is 5.11 Å². The summed E-state index contributed by atoms with van der Waals surface area (Å²) in [6.45, 7) is 1.83. The lowest BCUT2D eigenvalue weighted by Gasteiger charge is -2.45. The van der Waals surface area contributed by atoms with Crippen LogP contribution in [-0.2, 0) is 0 Å². The first-order valence-electron chi connectivity index (χ1n) is 11.4. The molecule has 2 bridgehead atoms. The first-order valence-corrected chi connectivity index (χ1v) is 11.4. The Morgan fingerprint density at radius 2 is 2.11 bits per heavy atom. The molecule has 5 rings (SSSR count). The molecule has 2 aliphatic rings. The Morgan fingerprint density at radius 3 is 2.86 bits per heavy atom. The number of rotatable bonds is 5. The van der Waals surface area contributed by atoms with E-state index in [2.05, 4.69) is 30.5 Å². The third kappa shape index (κ3) is 4.32. The van der Waals surface area contributed by atoms with E-state index in [1.54, 1.807) is 12.1 Å². The van der Waals surface area contributed by atoms with Crippen LogP contribution < -0.4 is 15.1 Å². The number of alkyl halides is 3. The number of aromatic amines is 1. The summed E-state index contributed by atoms with van der Waals surface area (Å²) in [5.41, 5.74) is 1.79. The smallest absolute Gasteiger partial charge is 0.394 e. The summed E-state index contributed by atoms with van der Waals surface area (Å²) in [6, 6.07) is 2.75. The van der Waals surface area contributed by atoms with Gasteiger partial charge in [0, 0.05) is 25.2 Å². The molecule has 2 amide bonds. The number of nitrogens with zero attached hydrogens (tertiary/aromatic N) is 6. The highest BCUT2D eigenvalue weighted by molar-refractivity contribution is 6.07. The third-order valence-corrected chi connectivity index (χ3v) is 6.45. The van der Waals surface area contributed by atoms with Gasteiger partial charge in [-0.1, -0.05) is 0 Å². The molecule has 14 heteroatoms. The van der Waals surface area contributed by atoms with Gasteiger partial charge in [-0.3, -0.25) is 20.1 Å². The molecule has 5 heterocycles. The molecule has 11 nitrogen and oxygen atoms in total. The number of carbonyl (C=O) groups is 2. The van der Waals surface area contributed by atoms with E-state index in [0.717, 1.165) is 12.1 Å². The Labute approximate surface area is 202 Å². The maximum Gasteiger partial charge on any atom is 0.394 e. The number of aromatic nitrogens is 5. The lowest BCUT2D eigenvalue weighted by molar-refractivity contribution is -0.182. The number of fused-ring (bicyclic) bond motifs is 5. The van der Waals surface area contributed by atoms with E-state index < -0.39 is 42.8 Å². The van der Waals surface area contributed by atoms with Crippen LogP contribution in [0, 0.1) is 12.8 Å². The molecule has 0 aromatic carbocycles. The van der Waals surface area contributed by atoms with Gasteiger partial charge in [-0.2, -0.15) is 18.3 Å². The van der Waals surface area contributed by atoms with Gasteiger partial charge in [-0.05, 0) is 31.9 Å². The Hall–Kier alpha value is -3.81. The van der Waals surface area contributed by atoms with Crippen LogP contribution in [0.15, 0.2) is 18.3 Å². The highest BCUT2D eigenvalue weighted by Gasteiger charge is 2.42. The van der Waals surface area contributed by atoms with Crippen LogP contribution in [0.4, 0.5) is 35.3 Å². The van der Waals surface area contributed by atoms with E-state index >= 15 is 0 Å². The van der Waals surface area contributed by atoms with Gasteiger partial charge < -0.3 is 10.0 Å². The Balaban J connectivity index is 1.47. The van der Waals surface area contributed by atoms with Crippen molar-refractivity contribution in [3.63, 3.8) is 0 Å². The van der Waals surface area contributed by atoms with Crippen molar-refractivity contribution in [2.45, 2.75) is 38.4 Å². The second-order valence-electron chi connectivity index (χ2n) is 8.91. The molecule has 3 N–H and O–H groups in total. The lowest BCUT2D eigenvalue weighted by atomic mass is 10.00. The van der Waals surface area contributed by atoms with E-state index in [1.807, 2.05) is 11.8 Å². The SMILES string of the molecule is Cc1ccc2c(NC(=O)N3c4nc(C(=O)CC(CO)C(F)(F)F)ncc4N4CCC[C@H]3C4)n[nH]c2n1. The quantitative estimate of drug-likeness (QED) is 0.451. The molecule has 36 heavy (non-hydrogen) atoms. The normalized spacial score (nSPS) is 18.2. The number of urea groups is 1. The van der Waals surface area contributed by atoms with Crippen LogP contribution >= 0.6 is 0 Å². The highest BCUT2D eigenvalue weighted by atomic mass is 19.4. The molecular formula is C22H23F3N8O3. The van der Waals surface area contributed by atoms with Crippen molar-refractivity contribution in [1.82, 2.24) is 25.1 Å². The highest BCUT2D eigenvalue weighted by Crippen LogP contribution is 2.38. The molecule has 0 aliphatic carbocycles. The molecule has 0 saturated carbocycles. The summed E-state index contributed by atoms with van der Waals surface area (Å²) in [7, 11) is 0. The number of aryl methyl sites for hydroxylation is 1. The number of H-pyrrole nitrogens is 1. The summed E-state index contributed by atoms with van der Waals surface area (Å²) >= 11 is 0. The summed E-state index contributed by atoms with van der Waals surface area (Å²) in [4.78, 5) is 42.1. The predicted octanol–water partition coefficient (Wildman–Crippen LogP) is 2.82. The number of hydrogen-bond acceptors (Lipinski definition) is 8. The number of nitrogens with one attached hydrogen (secondary N) is 2. The van der Waals surface area contributed by atoms with Gasteiger partial charge in [0.1, 0.15) is 0 Å². The molecule has 2 atom stereocenters. The second kappa shape index (κ2) is 9.00. The summed E-state index contributed by atoms with van der Waals surface area (Å²) < 4.78 is 39.2. The van der Waals surface area contributed by atoms with Crippen molar-refractivity contribution in [2.24, 2.45) is 5.92 Å². The van der Waals surface area contributed by atoms with Crippen molar-refractivity contribution in [1.29, 1.82) is 0 Å². The van der Waals surface area contributed by atoms with Gasteiger partial charge in [0.05, 0.1) is 35.8 Å². The fraction of sp³-hybridized carbons (Fsp3) is 0.455. The number of aliphatic hydroxyl groups is 1. The average molecular weight is 504 g/mol. The third-order valence-electron chi connectivity index (χ3n) is 6.45. The van der Waals surface area contributed by atoms with Gasteiger partial charge in [-0.25, -0.2) is 19.7 Å². The number of carbonyl (C=O) groups excluding carboxylic acids is 2. The number of Topliss-reactive ketones (excluding diaryl/α,β-unsaturated/α-hetero) is 1. The topological polar surface area (TPSA) is 140 Å². The van der Waals surface area contributed by atoms with Crippen LogP contribution in [0.1, 0.15) is 35.6 Å². The lowest BCUT2D eigenvalue weighted by Crippen LogP contribution is -2.56. The molecule has 1 fully saturated rings. The fourth-order valence-corrected chi connectivity index (χ4v) is 4.58. The number of hydrogen-bond donors (Lipinski definition) is 3. The monoisotopic (exact) mass is 504 g/mol. The molecule has 190 valence electrons. The molecule has 0 radical (unpaired) electrons. The van der Waals surface area contributed by atoms with Gasteiger partial charge in [-0.15, -0.1) is 0 Å². The molecule has 2 aliphatic heterocycles. The van der Waals surface area contributed by atoms with Crippen LogP contribution in [0.3, 0.4) is 0 Å². The van der Waals surface area contributed by atoms with E-state index in [-0.39, 0.29) is 17.7 Å². The minimum Gasteiger partial charge on any atom is -0.396 e. The number of pyridine rings is 1. The largest absolute Gasteiger partial charge is 0.396 e. The maximum atomic E-state index is 13.5. The van der Waals surface area contributed by atoms with Crippen LogP contribution in [0.2, 0.25) is 0 Å². The van der Waals surface area contributed by atoms with Crippen LogP contribution in [-0.4, -0.2) is 74.0 Å². The van der Waals surface area contributed by atoms with Crippen molar-refractivity contribution < 1.29 is 27.9 Å². The van der Waals surface area contributed by atoms with E-state index in [9.17, 15) is 22.8 Å². The molecular weight excluding hydrogens is 481 g/mol. The van der Waals surface area contributed by atoms with Gasteiger partial charge >= 0.3 is 12.2 Å². The number of piperidine rings is 1. The molecule has 1 saturated heterocycles. The minimum atomic E-state index is -4.74. The number of anilines is 3. The zero-order chi connectivity index (χ0) is 25.6. The molecule has 3 aromatic rings. The fourth-order valence-electron chi connectivity index (χ4n) is 4.58. The first kappa shape index (κ1) is 23.9. The van der Waals surface area contributed by atoms with Crippen LogP contribution in [0.25, 0.3) is 11.0 Å². The Morgan fingerprint density at radius 1 is 1.31 bits per heavy atom. The molecule has 3 aromatic heterocycles. The molecule has 1 unspecified atom stereocenters. The number of ketones is 1. The van der Waals surface area contributed by atoms with Crippen molar-refractivity contribution >= 4 is 40.2 Å². The first-order chi connectivity index (χ1) is 17.2. The zero-order valence-electron chi connectivity index (χ0n) is 19.2. The number of halogens is 3. The standard InChI is InChI=1S/C22H23F3N8O3/c1-11-4-5-14-17(27-11)30-31-18(14)29-21(36)33-13-3-2-6-32(9-13)15-8-26-19(28-20(15)33)16(35)7-12(10-34)22(23,24)25/h4-5,8,12-13,34H,2-3,6-7,9-10H2,1H3,(H2,27,29,30,31,36)/t12?,13-/m0/s1. The van der Waals surface area contributed by atoms with Gasteiger partial charge in [0.25, 0.3) is 0 Å². The van der Waals surface area contributed by atoms with Gasteiger partial charge in [0.15, 0.2) is 23.1 Å². The second-order valence-corrected chi connectivity index (χ2v) is 8.91. The Kier molecular flexibility index (Phi) is 5.98.